The third-order valence-electron chi connectivity index (χ3n) is 3.15. The molecule has 0 aromatic carbocycles. The first-order valence-electron chi connectivity index (χ1n) is 6.83. The lowest BCUT2D eigenvalue weighted by Crippen LogP contribution is -2.32. The molecule has 0 amide bonds. The topological polar surface area (TPSA) is 102 Å². The summed E-state index contributed by atoms with van der Waals surface area (Å²) in [6.07, 6.45) is 0.490. The average Bonchev–Trinajstić information content (AvgIpc) is 2.67. The van der Waals surface area contributed by atoms with E-state index in [2.05, 4.69) is 10.3 Å². The molecule has 0 aliphatic rings. The first-order chi connectivity index (χ1) is 9.45. The fraction of sp³-hybridized carbons (Fsp3) is 0.769. The molecule has 0 fully saturated rings. The van der Waals surface area contributed by atoms with E-state index in [1.807, 2.05) is 13.8 Å². The van der Waals surface area contributed by atoms with Crippen LogP contribution in [0.25, 0.3) is 0 Å². The lowest BCUT2D eigenvalue weighted by molar-refractivity contribution is 0.0689. The van der Waals surface area contributed by atoms with Crippen LogP contribution in [0.5, 0.6) is 0 Å². The van der Waals surface area contributed by atoms with Gasteiger partial charge in [-0.2, -0.15) is 0 Å². The van der Waals surface area contributed by atoms with Crippen molar-refractivity contribution in [3.05, 3.63) is 11.4 Å². The molecule has 0 atom stereocenters. The number of carbonyl (C=O) groups is 1. The van der Waals surface area contributed by atoms with E-state index in [1.54, 1.807) is 20.8 Å². The monoisotopic (exact) mass is 317 g/mol. The Hall–Kier alpha value is -1.44. The predicted molar refractivity (Wildman–Crippen MR) is 79.1 cm³/mol. The summed E-state index contributed by atoms with van der Waals surface area (Å²) in [4.78, 5) is 11.1. The van der Waals surface area contributed by atoms with Crippen LogP contribution in [-0.2, 0) is 22.8 Å². The van der Waals surface area contributed by atoms with E-state index in [1.165, 1.54) is 4.68 Å². The van der Waals surface area contributed by atoms with Gasteiger partial charge < -0.3 is 5.11 Å². The number of aromatic nitrogens is 3. The molecule has 0 aliphatic heterocycles. The van der Waals surface area contributed by atoms with Crippen LogP contribution in [0.15, 0.2) is 0 Å². The lowest BCUT2D eigenvalue weighted by atomic mass is 10.1. The minimum atomic E-state index is -3.29. The summed E-state index contributed by atoms with van der Waals surface area (Å²) >= 11 is 0. The number of rotatable bonds is 6. The largest absolute Gasteiger partial charge is 0.476 e. The third kappa shape index (κ3) is 4.26. The Balaban J connectivity index is 3.02. The number of carboxylic acids is 1. The molecule has 1 aromatic heterocycles. The maximum absolute atomic E-state index is 12.1. The summed E-state index contributed by atoms with van der Waals surface area (Å²) in [6.45, 7) is 8.94. The first-order valence-corrected chi connectivity index (χ1v) is 8.49. The molecular weight excluding hydrogens is 294 g/mol. The van der Waals surface area contributed by atoms with Crippen LogP contribution >= 0.6 is 0 Å². The van der Waals surface area contributed by atoms with E-state index in [9.17, 15) is 13.2 Å². The second kappa shape index (κ2) is 6.13. The summed E-state index contributed by atoms with van der Waals surface area (Å²) in [7, 11) is -3.29. The summed E-state index contributed by atoms with van der Waals surface area (Å²) in [5.74, 6) is -1.01. The highest BCUT2D eigenvalue weighted by molar-refractivity contribution is 7.92. The quantitative estimate of drug-likeness (QED) is 0.850. The van der Waals surface area contributed by atoms with E-state index in [0.717, 1.165) is 0 Å². The number of aryl methyl sites for hydroxylation is 1. The Labute approximate surface area is 125 Å². The highest BCUT2D eigenvalue weighted by Gasteiger charge is 2.29. The molecule has 1 rings (SSSR count). The predicted octanol–water partition coefficient (Wildman–Crippen LogP) is 1.39. The lowest BCUT2D eigenvalue weighted by Gasteiger charge is -2.19. The summed E-state index contributed by atoms with van der Waals surface area (Å²) in [5.41, 5.74) is 0.374. The molecule has 1 N–H and O–H groups in total. The van der Waals surface area contributed by atoms with Gasteiger partial charge in [0.2, 0.25) is 0 Å². The molecular formula is C13H23N3O4S. The maximum Gasteiger partial charge on any atom is 0.358 e. The van der Waals surface area contributed by atoms with Gasteiger partial charge in [-0.25, -0.2) is 17.9 Å². The summed E-state index contributed by atoms with van der Waals surface area (Å²) in [6, 6.07) is 0. The second-order valence-corrected chi connectivity index (χ2v) is 9.30. The van der Waals surface area contributed by atoms with Gasteiger partial charge in [0.1, 0.15) is 0 Å². The molecule has 0 bridgehead atoms. The van der Waals surface area contributed by atoms with Crippen LogP contribution in [0.2, 0.25) is 0 Å². The fourth-order valence-electron chi connectivity index (χ4n) is 1.78. The molecule has 120 valence electrons. The van der Waals surface area contributed by atoms with Gasteiger partial charge in [-0.1, -0.05) is 19.1 Å². The van der Waals surface area contributed by atoms with Crippen molar-refractivity contribution in [3.63, 3.8) is 0 Å². The normalized spacial score (nSPS) is 12.9. The van der Waals surface area contributed by atoms with Crippen molar-refractivity contribution in [2.45, 2.75) is 52.3 Å². The zero-order valence-corrected chi connectivity index (χ0v) is 13.9. The first kappa shape index (κ1) is 17.6. The molecule has 0 unspecified atom stereocenters. The van der Waals surface area contributed by atoms with E-state index in [4.69, 9.17) is 5.11 Å². The minimum absolute atomic E-state index is 0.0932. The molecule has 1 aromatic rings. The number of hydrogen-bond acceptors (Lipinski definition) is 5. The Kier molecular flexibility index (Phi) is 5.14. The molecule has 0 radical (unpaired) electrons. The standard InChI is InChI=1S/C13H23N3O4S/c1-9(2)8-10-11(12(17)18)14-15-16(10)6-7-21(19,20)13(3,4)5/h9H,6-8H2,1-5H3,(H,17,18). The van der Waals surface area contributed by atoms with Crippen LogP contribution < -0.4 is 0 Å². The third-order valence-corrected chi connectivity index (χ3v) is 5.73. The van der Waals surface area contributed by atoms with Gasteiger partial charge >= 0.3 is 5.97 Å². The highest BCUT2D eigenvalue weighted by atomic mass is 32.2. The summed E-state index contributed by atoms with van der Waals surface area (Å²) < 4.78 is 24.8. The molecule has 0 saturated carbocycles. The average molecular weight is 317 g/mol. The van der Waals surface area contributed by atoms with E-state index in [-0.39, 0.29) is 23.9 Å². The minimum Gasteiger partial charge on any atom is -0.476 e. The molecule has 0 saturated heterocycles. The Morgan fingerprint density at radius 1 is 1.33 bits per heavy atom. The van der Waals surface area contributed by atoms with Crippen molar-refractivity contribution >= 4 is 15.8 Å². The van der Waals surface area contributed by atoms with E-state index >= 15 is 0 Å². The molecule has 0 spiro atoms. The second-order valence-electron chi connectivity index (χ2n) is 6.44. The van der Waals surface area contributed by atoms with Crippen molar-refractivity contribution in [2.75, 3.05) is 5.75 Å². The Bertz CT molecular complexity index is 612. The molecule has 1 heterocycles. The van der Waals surface area contributed by atoms with Gasteiger partial charge in [0.15, 0.2) is 15.5 Å². The van der Waals surface area contributed by atoms with Crippen LogP contribution in [0.1, 0.15) is 50.8 Å². The molecule has 8 heteroatoms. The van der Waals surface area contributed by atoms with Crippen molar-refractivity contribution in [1.82, 2.24) is 15.0 Å². The molecule has 0 aliphatic carbocycles. The SMILES string of the molecule is CC(C)Cc1c(C(=O)O)nnn1CCS(=O)(=O)C(C)(C)C. The smallest absolute Gasteiger partial charge is 0.358 e. The number of carboxylic acid groups (broad SMARTS) is 1. The number of aromatic carboxylic acids is 1. The van der Waals surface area contributed by atoms with E-state index in [0.29, 0.717) is 12.1 Å². The Morgan fingerprint density at radius 3 is 2.33 bits per heavy atom. The van der Waals surface area contributed by atoms with Crippen LogP contribution in [0.3, 0.4) is 0 Å². The van der Waals surface area contributed by atoms with Gasteiger partial charge in [-0.05, 0) is 33.1 Å². The van der Waals surface area contributed by atoms with Crippen molar-refractivity contribution < 1.29 is 18.3 Å². The van der Waals surface area contributed by atoms with Crippen molar-refractivity contribution in [2.24, 2.45) is 5.92 Å². The van der Waals surface area contributed by atoms with Crippen LogP contribution in [0.4, 0.5) is 0 Å². The number of sulfone groups is 1. The van der Waals surface area contributed by atoms with Gasteiger partial charge in [0.05, 0.1) is 22.7 Å². The van der Waals surface area contributed by atoms with Gasteiger partial charge in [-0.15, -0.1) is 5.10 Å². The van der Waals surface area contributed by atoms with Crippen molar-refractivity contribution in [1.29, 1.82) is 0 Å². The number of hydrogen-bond donors (Lipinski definition) is 1. The molecule has 7 nitrogen and oxygen atoms in total. The zero-order valence-electron chi connectivity index (χ0n) is 13.1. The molecule has 21 heavy (non-hydrogen) atoms. The zero-order chi connectivity index (χ0) is 16.4. The fourth-order valence-corrected chi connectivity index (χ4v) is 2.81. The van der Waals surface area contributed by atoms with Crippen molar-refractivity contribution in [3.8, 4) is 0 Å². The highest BCUT2D eigenvalue weighted by Crippen LogP contribution is 2.17. The van der Waals surface area contributed by atoms with Gasteiger partial charge in [-0.3, -0.25) is 0 Å². The van der Waals surface area contributed by atoms with Gasteiger partial charge in [0.25, 0.3) is 0 Å². The van der Waals surface area contributed by atoms with E-state index < -0.39 is 20.6 Å². The van der Waals surface area contributed by atoms with Crippen LogP contribution in [-0.4, -0.2) is 45.0 Å². The number of nitrogens with zero attached hydrogens (tertiary/aromatic N) is 3. The maximum atomic E-state index is 12.1. The van der Waals surface area contributed by atoms with Gasteiger partial charge in [0, 0.05) is 0 Å². The summed E-state index contributed by atoms with van der Waals surface area (Å²) in [5, 5.41) is 16.6. The Morgan fingerprint density at radius 2 is 1.90 bits per heavy atom. The van der Waals surface area contributed by atoms with Crippen LogP contribution in [0, 0.1) is 5.92 Å².